The van der Waals surface area contributed by atoms with E-state index < -0.39 is 0 Å². The van der Waals surface area contributed by atoms with Crippen molar-refractivity contribution in [3.63, 3.8) is 0 Å². The maximum atomic E-state index is 11.4. The number of Topliss-reactive ketones (excluding diaryl/α,β-unsaturated/α-hetero) is 1. The molecule has 0 bridgehead atoms. The number of rotatable bonds is 1. The Kier molecular flexibility index (Phi) is 2.72. The first-order valence-electron chi connectivity index (χ1n) is 4.28. The fourth-order valence-electron chi connectivity index (χ4n) is 0.842. The van der Waals surface area contributed by atoms with Gasteiger partial charge in [-0.3, -0.25) is 4.79 Å². The summed E-state index contributed by atoms with van der Waals surface area (Å²) in [6, 6.07) is 0. The molecule has 0 saturated heterocycles. The lowest BCUT2D eigenvalue weighted by molar-refractivity contribution is -0.110. The summed E-state index contributed by atoms with van der Waals surface area (Å²) in [5.74, 6) is 5.45. The van der Waals surface area contributed by atoms with Gasteiger partial charge in [0, 0.05) is 17.4 Å². The highest BCUT2D eigenvalue weighted by molar-refractivity contribution is 6.11. The quantitative estimate of drug-likeness (QED) is 0.439. The number of carbonyl (C=O) groups excluding carboxylic acids is 1. The summed E-state index contributed by atoms with van der Waals surface area (Å²) in [7, 11) is 0. The summed E-state index contributed by atoms with van der Waals surface area (Å²) in [4.78, 5) is 11.4. The van der Waals surface area contributed by atoms with Crippen molar-refractivity contribution in [3.05, 3.63) is 30.2 Å². The molecule has 1 aliphatic rings. The first-order chi connectivity index (χ1) is 5.99. The van der Waals surface area contributed by atoms with Gasteiger partial charge in [-0.25, -0.2) is 0 Å². The monoisotopic (exact) mass is 173 g/mol. The van der Waals surface area contributed by atoms with Gasteiger partial charge >= 0.3 is 0 Å². The minimum Gasteiger partial charge on any atom is -0.279 e. The molecule has 0 heterocycles. The van der Waals surface area contributed by atoms with Gasteiger partial charge in [-0.2, -0.15) is 0 Å². The summed E-state index contributed by atoms with van der Waals surface area (Å²) >= 11 is 0. The highest BCUT2D eigenvalue weighted by Gasteiger charge is 2.08. The molecule has 0 N–H and O–H groups in total. The van der Waals surface area contributed by atoms with Gasteiger partial charge in [-0.1, -0.05) is 24.1 Å². The molecular weight excluding hydrogens is 160 g/mol. The van der Waals surface area contributed by atoms with Crippen molar-refractivity contribution in [1.29, 1.82) is 0 Å². The molecule has 67 valence electrons. The molecule has 0 aromatic heterocycles. The number of carbonyl (C=O) groups is 1. The van der Waals surface area contributed by atoms with Crippen molar-refractivity contribution in [1.82, 2.24) is 0 Å². The standard InChI is InChI=1S/C12H13O/c1-12(2,3)9-8-11(13)10-6-4-5-7-10/h4-7H,1-3H3. The summed E-state index contributed by atoms with van der Waals surface area (Å²) in [5, 5.41) is 0. The molecule has 0 fully saturated rings. The van der Waals surface area contributed by atoms with Crippen LogP contribution in [0, 0.1) is 23.7 Å². The maximum Gasteiger partial charge on any atom is 0.235 e. The van der Waals surface area contributed by atoms with Crippen molar-refractivity contribution in [2.24, 2.45) is 5.41 Å². The molecule has 1 rings (SSSR count). The van der Waals surface area contributed by atoms with Crippen LogP contribution < -0.4 is 0 Å². The highest BCUT2D eigenvalue weighted by atomic mass is 16.1. The molecule has 0 spiro atoms. The zero-order chi connectivity index (χ0) is 9.90. The molecule has 0 aliphatic heterocycles. The number of hydrogen-bond donors (Lipinski definition) is 0. The van der Waals surface area contributed by atoms with Crippen molar-refractivity contribution in [3.8, 4) is 11.8 Å². The molecule has 1 radical (unpaired) electrons. The van der Waals surface area contributed by atoms with Crippen molar-refractivity contribution in [2.45, 2.75) is 20.8 Å². The summed E-state index contributed by atoms with van der Waals surface area (Å²) in [6.45, 7) is 5.95. The zero-order valence-electron chi connectivity index (χ0n) is 8.22. The van der Waals surface area contributed by atoms with Crippen LogP contribution in [-0.4, -0.2) is 5.78 Å². The van der Waals surface area contributed by atoms with Crippen molar-refractivity contribution >= 4 is 5.78 Å². The second-order valence-corrected chi connectivity index (χ2v) is 4.00. The predicted molar refractivity (Wildman–Crippen MR) is 53.8 cm³/mol. The molecule has 0 unspecified atom stereocenters. The molecule has 0 amide bonds. The Labute approximate surface area is 79.5 Å². The molecule has 1 aliphatic carbocycles. The van der Waals surface area contributed by atoms with Gasteiger partial charge in [-0.15, -0.1) is 0 Å². The number of allylic oxidation sites excluding steroid dienone is 4. The smallest absolute Gasteiger partial charge is 0.235 e. The fraction of sp³-hybridized carbons (Fsp3) is 0.333. The predicted octanol–water partition coefficient (Wildman–Crippen LogP) is 2.31. The molecule has 0 aromatic carbocycles. The van der Waals surface area contributed by atoms with Crippen LogP contribution in [0.15, 0.2) is 23.8 Å². The maximum absolute atomic E-state index is 11.4. The van der Waals surface area contributed by atoms with E-state index in [1.54, 1.807) is 12.2 Å². The van der Waals surface area contributed by atoms with E-state index in [0.29, 0.717) is 5.57 Å². The van der Waals surface area contributed by atoms with Gasteiger partial charge in [0.1, 0.15) is 0 Å². The van der Waals surface area contributed by atoms with Crippen LogP contribution in [0.5, 0.6) is 0 Å². The van der Waals surface area contributed by atoms with Crippen LogP contribution in [-0.2, 0) is 4.79 Å². The Hall–Kier alpha value is -1.29. The Morgan fingerprint density at radius 1 is 1.38 bits per heavy atom. The first-order valence-corrected chi connectivity index (χ1v) is 4.28. The largest absolute Gasteiger partial charge is 0.279 e. The Balaban J connectivity index is 2.69. The number of hydrogen-bond acceptors (Lipinski definition) is 1. The molecule has 0 saturated carbocycles. The Morgan fingerprint density at radius 3 is 2.54 bits per heavy atom. The van der Waals surface area contributed by atoms with Crippen LogP contribution in [0.3, 0.4) is 0 Å². The SMILES string of the molecule is CC(C)(C)C#CC(=O)C1=C[CH]C=C1. The first kappa shape index (κ1) is 9.80. The average molecular weight is 173 g/mol. The summed E-state index contributed by atoms with van der Waals surface area (Å²) in [6.07, 6.45) is 7.23. The van der Waals surface area contributed by atoms with E-state index in [4.69, 9.17) is 0 Å². The lowest BCUT2D eigenvalue weighted by Gasteiger charge is -2.06. The van der Waals surface area contributed by atoms with E-state index in [2.05, 4.69) is 11.8 Å². The van der Waals surface area contributed by atoms with E-state index in [1.807, 2.05) is 33.3 Å². The van der Waals surface area contributed by atoms with Gasteiger partial charge in [0.05, 0.1) is 0 Å². The zero-order valence-corrected chi connectivity index (χ0v) is 8.22. The van der Waals surface area contributed by atoms with Gasteiger partial charge < -0.3 is 0 Å². The van der Waals surface area contributed by atoms with E-state index in [0.717, 1.165) is 0 Å². The molecule has 0 aromatic rings. The van der Waals surface area contributed by atoms with Crippen LogP contribution in [0.4, 0.5) is 0 Å². The lowest BCUT2D eigenvalue weighted by atomic mass is 9.97. The van der Waals surface area contributed by atoms with E-state index in [1.165, 1.54) is 0 Å². The van der Waals surface area contributed by atoms with E-state index in [9.17, 15) is 4.79 Å². The van der Waals surface area contributed by atoms with Crippen molar-refractivity contribution in [2.75, 3.05) is 0 Å². The van der Waals surface area contributed by atoms with Gasteiger partial charge in [0.25, 0.3) is 0 Å². The van der Waals surface area contributed by atoms with Crippen LogP contribution in [0.25, 0.3) is 0 Å². The van der Waals surface area contributed by atoms with Crippen LogP contribution in [0.1, 0.15) is 20.8 Å². The molecular formula is C12H13O. The Bertz CT molecular complexity index is 326. The molecule has 0 atom stereocenters. The minimum absolute atomic E-state index is 0.0973. The van der Waals surface area contributed by atoms with Gasteiger partial charge in [0.15, 0.2) is 0 Å². The van der Waals surface area contributed by atoms with E-state index >= 15 is 0 Å². The second-order valence-electron chi connectivity index (χ2n) is 4.00. The third-order valence-electron chi connectivity index (χ3n) is 1.48. The minimum atomic E-state index is -0.109. The molecule has 1 nitrogen and oxygen atoms in total. The second kappa shape index (κ2) is 3.62. The summed E-state index contributed by atoms with van der Waals surface area (Å²) < 4.78 is 0. The number of ketones is 1. The topological polar surface area (TPSA) is 17.1 Å². The third kappa shape index (κ3) is 3.29. The van der Waals surface area contributed by atoms with Crippen molar-refractivity contribution < 1.29 is 4.79 Å². The van der Waals surface area contributed by atoms with Gasteiger partial charge in [-0.05, 0) is 26.7 Å². The summed E-state index contributed by atoms with van der Waals surface area (Å²) in [5.41, 5.74) is 0.569. The average Bonchev–Trinajstić information content (AvgIpc) is 2.50. The normalized spacial score (nSPS) is 14.8. The Morgan fingerprint density at radius 2 is 2.08 bits per heavy atom. The fourth-order valence-corrected chi connectivity index (χ4v) is 0.842. The van der Waals surface area contributed by atoms with Crippen LogP contribution in [0.2, 0.25) is 0 Å². The van der Waals surface area contributed by atoms with Crippen LogP contribution >= 0.6 is 0 Å². The van der Waals surface area contributed by atoms with Gasteiger partial charge in [0.2, 0.25) is 5.78 Å². The lowest BCUT2D eigenvalue weighted by Crippen LogP contribution is -2.02. The highest BCUT2D eigenvalue weighted by Crippen LogP contribution is 2.11. The molecule has 1 heteroatoms. The molecule has 13 heavy (non-hydrogen) atoms. The third-order valence-corrected chi connectivity index (χ3v) is 1.48. The van der Waals surface area contributed by atoms with E-state index in [-0.39, 0.29) is 11.2 Å².